The number of nitrogens with one attached hydrogen (secondary N) is 1. The van der Waals surface area contributed by atoms with Crippen LogP contribution in [0, 0.1) is 11.8 Å². The van der Waals surface area contributed by atoms with Gasteiger partial charge in [0.05, 0.1) is 23.9 Å². The molecule has 3 heterocycles. The van der Waals surface area contributed by atoms with Crippen molar-refractivity contribution in [3.8, 4) is 0 Å². The van der Waals surface area contributed by atoms with Crippen LogP contribution in [0.4, 0.5) is 13.2 Å². The Balaban J connectivity index is 1.38. The number of imide groups is 1. The average Bonchev–Trinajstić information content (AvgIpc) is 3.42. The number of likely N-dealkylation sites (tertiary alicyclic amines) is 2. The van der Waals surface area contributed by atoms with Crippen LogP contribution in [0.3, 0.4) is 0 Å². The number of carbonyl (C=O) groups is 3. The lowest BCUT2D eigenvalue weighted by atomic mass is 9.74. The summed E-state index contributed by atoms with van der Waals surface area (Å²) in [7, 11) is 0. The smallest absolute Gasteiger partial charge is 0.337 e. The summed E-state index contributed by atoms with van der Waals surface area (Å²) in [5.41, 5.74) is -0.112. The van der Waals surface area contributed by atoms with E-state index in [1.54, 1.807) is 17.0 Å². The van der Waals surface area contributed by atoms with E-state index in [4.69, 9.17) is 11.6 Å². The maximum atomic E-state index is 14.2. The van der Waals surface area contributed by atoms with Crippen LogP contribution in [0.2, 0.25) is 5.02 Å². The van der Waals surface area contributed by atoms with Crippen LogP contribution < -0.4 is 5.32 Å². The van der Waals surface area contributed by atoms with E-state index in [2.05, 4.69) is 5.32 Å². The summed E-state index contributed by atoms with van der Waals surface area (Å²) in [5.74, 6) is -3.06. The molecule has 1 spiro atoms. The highest BCUT2D eigenvalue weighted by molar-refractivity contribution is 6.30. The molecule has 0 aromatic heterocycles. The van der Waals surface area contributed by atoms with Crippen LogP contribution in [0.15, 0.2) is 78.9 Å². The minimum atomic E-state index is -4.52. The van der Waals surface area contributed by atoms with Gasteiger partial charge in [-0.25, -0.2) is 0 Å². The van der Waals surface area contributed by atoms with E-state index in [0.29, 0.717) is 36.5 Å². The Labute approximate surface area is 240 Å². The SMILES string of the molecule is O=C1[C@H]2[C@@H](c3ccc(C(F)(F)F)cc3)N[C@]3(CCCN(Cc4ccc(Cl)cc4)C3=O)[C@H]2C(=O)N1Cc1ccccc1. The summed E-state index contributed by atoms with van der Waals surface area (Å²) in [4.78, 5) is 45.1. The number of nitrogens with zero attached hydrogens (tertiary/aromatic N) is 2. The molecule has 0 aliphatic carbocycles. The maximum Gasteiger partial charge on any atom is 0.416 e. The topological polar surface area (TPSA) is 69.7 Å². The first-order chi connectivity index (χ1) is 19.6. The maximum absolute atomic E-state index is 14.2. The Morgan fingerprint density at radius 1 is 0.854 bits per heavy atom. The third-order valence-electron chi connectivity index (χ3n) is 8.48. The highest BCUT2D eigenvalue weighted by Gasteiger charge is 2.69. The van der Waals surface area contributed by atoms with Crippen LogP contribution in [0.5, 0.6) is 0 Å². The van der Waals surface area contributed by atoms with Crippen LogP contribution in [-0.4, -0.2) is 39.6 Å². The van der Waals surface area contributed by atoms with Crippen molar-refractivity contribution in [3.63, 3.8) is 0 Å². The molecule has 0 radical (unpaired) electrons. The summed E-state index contributed by atoms with van der Waals surface area (Å²) < 4.78 is 39.9. The zero-order chi connectivity index (χ0) is 28.9. The Hall–Kier alpha value is -3.69. The molecule has 3 aromatic carbocycles. The molecule has 10 heteroatoms. The zero-order valence-corrected chi connectivity index (χ0v) is 22.7. The van der Waals surface area contributed by atoms with Gasteiger partial charge in [-0.2, -0.15) is 13.2 Å². The molecule has 3 fully saturated rings. The average molecular weight is 582 g/mol. The third kappa shape index (κ3) is 4.81. The van der Waals surface area contributed by atoms with Gasteiger partial charge in [0, 0.05) is 24.2 Å². The number of amides is 3. The Morgan fingerprint density at radius 3 is 2.17 bits per heavy atom. The minimum Gasteiger partial charge on any atom is -0.337 e. The molecule has 3 aliphatic heterocycles. The van der Waals surface area contributed by atoms with Gasteiger partial charge in [-0.15, -0.1) is 0 Å². The molecule has 0 saturated carbocycles. The predicted octanol–water partition coefficient (Wildman–Crippen LogP) is 5.37. The van der Waals surface area contributed by atoms with E-state index >= 15 is 0 Å². The summed E-state index contributed by atoms with van der Waals surface area (Å²) in [6.07, 6.45) is -3.59. The van der Waals surface area contributed by atoms with Crippen LogP contribution in [-0.2, 0) is 33.6 Å². The summed E-state index contributed by atoms with van der Waals surface area (Å²) in [5, 5.41) is 3.91. The van der Waals surface area contributed by atoms with Crippen LogP contribution in [0.1, 0.15) is 41.1 Å². The highest BCUT2D eigenvalue weighted by Crippen LogP contribution is 2.52. The Bertz CT molecular complexity index is 1480. The van der Waals surface area contributed by atoms with Crippen LogP contribution in [0.25, 0.3) is 0 Å². The largest absolute Gasteiger partial charge is 0.416 e. The molecule has 3 aliphatic rings. The number of benzene rings is 3. The molecule has 6 rings (SSSR count). The van der Waals surface area contributed by atoms with E-state index < -0.39 is 47.0 Å². The summed E-state index contributed by atoms with van der Waals surface area (Å²) in [6, 6.07) is 20.0. The van der Waals surface area contributed by atoms with Crippen molar-refractivity contribution in [1.82, 2.24) is 15.1 Å². The highest BCUT2D eigenvalue weighted by atomic mass is 35.5. The number of alkyl halides is 3. The third-order valence-corrected chi connectivity index (χ3v) is 8.73. The number of hydrogen-bond donors (Lipinski definition) is 1. The molecule has 6 nitrogen and oxygen atoms in total. The second-order valence-electron chi connectivity index (χ2n) is 10.9. The van der Waals surface area contributed by atoms with Gasteiger partial charge in [-0.3, -0.25) is 24.6 Å². The number of halogens is 4. The summed E-state index contributed by atoms with van der Waals surface area (Å²) >= 11 is 6.03. The number of hydrogen-bond acceptors (Lipinski definition) is 4. The zero-order valence-electron chi connectivity index (χ0n) is 21.9. The Kier molecular flexibility index (Phi) is 6.90. The van der Waals surface area contributed by atoms with Crippen molar-refractivity contribution in [2.75, 3.05) is 6.54 Å². The molecular weight excluding hydrogens is 555 g/mol. The van der Waals surface area contributed by atoms with Crippen molar-refractivity contribution in [3.05, 3.63) is 106 Å². The van der Waals surface area contributed by atoms with Gasteiger partial charge < -0.3 is 4.90 Å². The second kappa shape index (κ2) is 10.3. The second-order valence-corrected chi connectivity index (χ2v) is 11.4. The lowest BCUT2D eigenvalue weighted by Gasteiger charge is -2.42. The number of piperidine rings is 1. The van der Waals surface area contributed by atoms with Gasteiger partial charge in [-0.05, 0) is 53.8 Å². The number of fused-ring (bicyclic) bond motifs is 2. The van der Waals surface area contributed by atoms with Crippen molar-refractivity contribution >= 4 is 29.3 Å². The fraction of sp³-hybridized carbons (Fsp3) is 0.323. The van der Waals surface area contributed by atoms with E-state index in [-0.39, 0.29) is 12.5 Å². The van der Waals surface area contributed by atoms with Gasteiger partial charge in [0.2, 0.25) is 17.7 Å². The normalized spacial score (nSPS) is 26.2. The lowest BCUT2D eigenvalue weighted by Crippen LogP contribution is -2.63. The van der Waals surface area contributed by atoms with Crippen molar-refractivity contribution in [2.45, 2.75) is 43.7 Å². The monoisotopic (exact) mass is 581 g/mol. The molecule has 3 amide bonds. The first kappa shape index (κ1) is 27.5. The Morgan fingerprint density at radius 2 is 1.51 bits per heavy atom. The molecule has 3 aromatic rings. The van der Waals surface area contributed by atoms with Gasteiger partial charge in [0.25, 0.3) is 0 Å². The number of carbonyl (C=O) groups excluding carboxylic acids is 3. The molecule has 3 saturated heterocycles. The fourth-order valence-electron chi connectivity index (χ4n) is 6.58. The van der Waals surface area contributed by atoms with Gasteiger partial charge >= 0.3 is 6.18 Å². The van der Waals surface area contributed by atoms with Crippen molar-refractivity contribution < 1.29 is 27.6 Å². The molecule has 4 atom stereocenters. The van der Waals surface area contributed by atoms with Gasteiger partial charge in [0.1, 0.15) is 5.54 Å². The van der Waals surface area contributed by atoms with Crippen LogP contribution >= 0.6 is 11.6 Å². The van der Waals surface area contributed by atoms with Crippen molar-refractivity contribution in [2.24, 2.45) is 11.8 Å². The minimum absolute atomic E-state index is 0.0595. The molecule has 212 valence electrons. The molecule has 0 unspecified atom stereocenters. The van der Waals surface area contributed by atoms with Crippen molar-refractivity contribution in [1.29, 1.82) is 0 Å². The van der Waals surface area contributed by atoms with Gasteiger partial charge in [0.15, 0.2) is 0 Å². The standard InChI is InChI=1S/C31H27ClF3N3O3/c32-23-13-7-20(8-14-23)17-37-16-4-15-30(29(37)41)25-24(26(36-30)21-9-11-22(12-10-21)31(33,34)35)27(39)38(28(25)40)18-19-5-2-1-3-6-19/h1-3,5-14,24-26,36H,4,15-18H2/t24-,25-,26-,30-/m1/s1. The molecular formula is C31H27ClF3N3O3. The lowest BCUT2D eigenvalue weighted by molar-refractivity contribution is -0.150. The quantitative estimate of drug-likeness (QED) is 0.412. The van der Waals surface area contributed by atoms with E-state index in [9.17, 15) is 27.6 Å². The summed E-state index contributed by atoms with van der Waals surface area (Å²) in [6.45, 7) is 0.838. The van der Waals surface area contributed by atoms with E-state index in [1.165, 1.54) is 17.0 Å². The molecule has 0 bridgehead atoms. The predicted molar refractivity (Wildman–Crippen MR) is 145 cm³/mol. The number of rotatable bonds is 5. The first-order valence-electron chi connectivity index (χ1n) is 13.5. The van der Waals surface area contributed by atoms with E-state index in [0.717, 1.165) is 23.3 Å². The fourth-order valence-corrected chi connectivity index (χ4v) is 6.70. The van der Waals surface area contributed by atoms with E-state index in [1.807, 2.05) is 42.5 Å². The van der Waals surface area contributed by atoms with Gasteiger partial charge in [-0.1, -0.05) is 66.2 Å². The first-order valence-corrected chi connectivity index (χ1v) is 13.8. The molecule has 1 N–H and O–H groups in total. The molecule has 41 heavy (non-hydrogen) atoms.